The van der Waals surface area contributed by atoms with Crippen molar-refractivity contribution in [2.45, 2.75) is 58.1 Å². The number of benzene rings is 1. The van der Waals surface area contributed by atoms with Crippen LogP contribution < -0.4 is 0 Å². The van der Waals surface area contributed by atoms with Crippen molar-refractivity contribution in [3.05, 3.63) is 33.8 Å². The van der Waals surface area contributed by atoms with Gasteiger partial charge in [0, 0.05) is 28.2 Å². The third kappa shape index (κ3) is 4.64. The van der Waals surface area contributed by atoms with Gasteiger partial charge in [-0.25, -0.2) is 0 Å². The lowest BCUT2D eigenvalue weighted by atomic mass is 9.99. The molecule has 0 radical (unpaired) electrons. The highest BCUT2D eigenvalue weighted by Gasteiger charge is 2.30. The summed E-state index contributed by atoms with van der Waals surface area (Å²) in [6.45, 7) is 4.43. The first kappa shape index (κ1) is 19.1. The number of hydrogen-bond acceptors (Lipinski definition) is 3. The maximum atomic E-state index is 12.6. The van der Waals surface area contributed by atoms with Gasteiger partial charge in [0.15, 0.2) is 6.10 Å². The molecule has 0 bridgehead atoms. The van der Waals surface area contributed by atoms with Crippen LogP contribution >= 0.6 is 23.2 Å². The second-order valence-corrected chi connectivity index (χ2v) is 6.91. The molecule has 0 saturated carbocycles. The standard InChI is InChI=1S/C18H23Cl2NO3/c1-3-13-7-4-5-10-21(13)18(23)12(2)24-17(22)11-14-15(19)8-6-9-16(14)20/h6,8-9,12-13H,3-5,7,10-11H2,1-2H3. The van der Waals surface area contributed by atoms with Crippen molar-refractivity contribution in [3.63, 3.8) is 0 Å². The second-order valence-electron chi connectivity index (χ2n) is 6.10. The summed E-state index contributed by atoms with van der Waals surface area (Å²) in [7, 11) is 0. The average molecular weight is 372 g/mol. The Morgan fingerprint density at radius 1 is 1.29 bits per heavy atom. The first-order valence-corrected chi connectivity index (χ1v) is 9.12. The zero-order chi connectivity index (χ0) is 17.7. The summed E-state index contributed by atoms with van der Waals surface area (Å²) in [6, 6.07) is 5.30. The van der Waals surface area contributed by atoms with Crippen LogP contribution in [0.25, 0.3) is 0 Å². The van der Waals surface area contributed by atoms with Gasteiger partial charge < -0.3 is 9.64 Å². The average Bonchev–Trinajstić information content (AvgIpc) is 2.57. The van der Waals surface area contributed by atoms with Crippen LogP contribution in [-0.2, 0) is 20.7 Å². The van der Waals surface area contributed by atoms with Crippen LogP contribution in [-0.4, -0.2) is 35.5 Å². The molecule has 2 rings (SSSR count). The van der Waals surface area contributed by atoms with E-state index in [2.05, 4.69) is 6.92 Å². The van der Waals surface area contributed by atoms with Gasteiger partial charge in [0.1, 0.15) is 0 Å². The van der Waals surface area contributed by atoms with E-state index in [0.29, 0.717) is 15.6 Å². The molecule has 1 aromatic rings. The quantitative estimate of drug-likeness (QED) is 0.726. The number of esters is 1. The largest absolute Gasteiger partial charge is 0.452 e. The molecule has 1 amide bonds. The first-order valence-electron chi connectivity index (χ1n) is 8.36. The highest BCUT2D eigenvalue weighted by molar-refractivity contribution is 6.36. The Morgan fingerprint density at radius 3 is 2.58 bits per heavy atom. The number of nitrogens with zero attached hydrogens (tertiary/aromatic N) is 1. The van der Waals surface area contributed by atoms with Crippen molar-refractivity contribution >= 4 is 35.1 Å². The number of hydrogen-bond donors (Lipinski definition) is 0. The van der Waals surface area contributed by atoms with Crippen LogP contribution in [0.5, 0.6) is 0 Å². The summed E-state index contributed by atoms with van der Waals surface area (Å²) in [5, 5.41) is 0.834. The highest BCUT2D eigenvalue weighted by Crippen LogP contribution is 2.25. The highest BCUT2D eigenvalue weighted by atomic mass is 35.5. The van der Waals surface area contributed by atoms with E-state index in [1.54, 1.807) is 25.1 Å². The number of likely N-dealkylation sites (tertiary alicyclic amines) is 1. The third-order valence-electron chi connectivity index (χ3n) is 4.42. The molecule has 6 heteroatoms. The van der Waals surface area contributed by atoms with Crippen molar-refractivity contribution in [1.29, 1.82) is 0 Å². The number of piperidine rings is 1. The van der Waals surface area contributed by atoms with Crippen molar-refractivity contribution < 1.29 is 14.3 Å². The van der Waals surface area contributed by atoms with E-state index in [1.165, 1.54) is 0 Å². The molecule has 1 aliphatic rings. The van der Waals surface area contributed by atoms with E-state index >= 15 is 0 Å². The van der Waals surface area contributed by atoms with Gasteiger partial charge in [-0.3, -0.25) is 9.59 Å². The summed E-state index contributed by atoms with van der Waals surface area (Å²) in [4.78, 5) is 26.6. The molecule has 132 valence electrons. The number of halogens is 2. The van der Waals surface area contributed by atoms with Gasteiger partial charge in [0.25, 0.3) is 5.91 Å². The van der Waals surface area contributed by atoms with Crippen molar-refractivity contribution in [3.8, 4) is 0 Å². The molecule has 0 aromatic heterocycles. The molecule has 2 unspecified atom stereocenters. The molecule has 1 aromatic carbocycles. The lowest BCUT2D eigenvalue weighted by molar-refractivity contribution is -0.160. The minimum atomic E-state index is -0.800. The Kier molecular flexibility index (Phi) is 6.93. The molecular formula is C18H23Cl2NO3. The maximum Gasteiger partial charge on any atom is 0.311 e. The molecule has 0 aliphatic carbocycles. The fourth-order valence-corrected chi connectivity index (χ4v) is 3.61. The fraction of sp³-hybridized carbons (Fsp3) is 0.556. The van der Waals surface area contributed by atoms with Gasteiger partial charge in [-0.15, -0.1) is 0 Å². The van der Waals surface area contributed by atoms with Crippen LogP contribution in [0.1, 0.15) is 45.1 Å². The monoisotopic (exact) mass is 371 g/mol. The minimum absolute atomic E-state index is 0.0483. The smallest absolute Gasteiger partial charge is 0.311 e. The van der Waals surface area contributed by atoms with Crippen LogP contribution in [0, 0.1) is 0 Å². The van der Waals surface area contributed by atoms with Crippen LogP contribution in [0.15, 0.2) is 18.2 Å². The van der Waals surface area contributed by atoms with Crippen LogP contribution in [0.4, 0.5) is 0 Å². The summed E-state index contributed by atoms with van der Waals surface area (Å²) < 4.78 is 5.32. The molecule has 2 atom stereocenters. The molecule has 0 N–H and O–H groups in total. The zero-order valence-electron chi connectivity index (χ0n) is 14.1. The predicted molar refractivity (Wildman–Crippen MR) is 95.4 cm³/mol. The number of amides is 1. The third-order valence-corrected chi connectivity index (χ3v) is 5.13. The van der Waals surface area contributed by atoms with E-state index in [9.17, 15) is 9.59 Å². The number of ether oxygens (including phenoxy) is 1. The van der Waals surface area contributed by atoms with Crippen molar-refractivity contribution in [1.82, 2.24) is 4.90 Å². The maximum absolute atomic E-state index is 12.6. The summed E-state index contributed by atoms with van der Waals surface area (Å²) in [5.41, 5.74) is 0.523. The van der Waals surface area contributed by atoms with E-state index in [4.69, 9.17) is 27.9 Å². The molecule has 1 aliphatic heterocycles. The Balaban J connectivity index is 1.97. The normalized spacial score (nSPS) is 19.0. The van der Waals surface area contributed by atoms with Crippen molar-refractivity contribution in [2.24, 2.45) is 0 Å². The Labute approximate surface area is 153 Å². The van der Waals surface area contributed by atoms with Crippen LogP contribution in [0.2, 0.25) is 10.0 Å². The van der Waals surface area contributed by atoms with Crippen molar-refractivity contribution in [2.75, 3.05) is 6.54 Å². The molecule has 4 nitrogen and oxygen atoms in total. The Bertz CT molecular complexity index is 586. The number of carbonyl (C=O) groups is 2. The SMILES string of the molecule is CCC1CCCCN1C(=O)C(C)OC(=O)Cc1c(Cl)cccc1Cl. The van der Waals surface area contributed by atoms with Crippen LogP contribution in [0.3, 0.4) is 0 Å². The molecule has 24 heavy (non-hydrogen) atoms. The minimum Gasteiger partial charge on any atom is -0.452 e. The van der Waals surface area contributed by atoms with Gasteiger partial charge in [0.05, 0.1) is 6.42 Å². The summed E-state index contributed by atoms with van der Waals surface area (Å²) in [5.74, 6) is -0.629. The van der Waals surface area contributed by atoms with Gasteiger partial charge in [-0.2, -0.15) is 0 Å². The lowest BCUT2D eigenvalue weighted by Gasteiger charge is -2.36. The van der Waals surface area contributed by atoms with E-state index < -0.39 is 12.1 Å². The Hall–Kier alpha value is -1.26. The van der Waals surface area contributed by atoms with Gasteiger partial charge in [0.2, 0.25) is 0 Å². The number of carbonyl (C=O) groups excluding carboxylic acids is 2. The van der Waals surface area contributed by atoms with Gasteiger partial charge in [-0.1, -0.05) is 36.2 Å². The van der Waals surface area contributed by atoms with E-state index in [1.807, 2.05) is 4.90 Å². The topological polar surface area (TPSA) is 46.6 Å². The Morgan fingerprint density at radius 2 is 1.96 bits per heavy atom. The second kappa shape index (κ2) is 8.72. The molecular weight excluding hydrogens is 349 g/mol. The number of rotatable bonds is 5. The lowest BCUT2D eigenvalue weighted by Crippen LogP contribution is -2.48. The molecule has 1 saturated heterocycles. The molecule has 0 spiro atoms. The summed E-state index contributed by atoms with van der Waals surface area (Å²) in [6.07, 6.45) is 3.22. The summed E-state index contributed by atoms with van der Waals surface area (Å²) >= 11 is 12.1. The van der Waals surface area contributed by atoms with Gasteiger partial charge in [-0.05, 0) is 44.7 Å². The van der Waals surface area contributed by atoms with E-state index in [-0.39, 0.29) is 18.4 Å². The first-order chi connectivity index (χ1) is 11.4. The predicted octanol–water partition coefficient (Wildman–Crippen LogP) is 4.26. The fourth-order valence-electron chi connectivity index (χ4n) is 3.08. The zero-order valence-corrected chi connectivity index (χ0v) is 15.6. The molecule has 1 fully saturated rings. The molecule has 1 heterocycles. The van der Waals surface area contributed by atoms with E-state index in [0.717, 1.165) is 32.2 Å². The van der Waals surface area contributed by atoms with Gasteiger partial charge >= 0.3 is 5.97 Å².